The minimum atomic E-state index is -3.64. The van der Waals surface area contributed by atoms with Crippen molar-refractivity contribution in [1.29, 1.82) is 0 Å². The first-order valence-electron chi connectivity index (χ1n) is 5.20. The quantitative estimate of drug-likeness (QED) is 0.565. The molecule has 0 radical (unpaired) electrons. The average molecular weight is 402 g/mol. The highest BCUT2D eigenvalue weighted by Crippen LogP contribution is 2.31. The highest BCUT2D eigenvalue weighted by atomic mass is 79.9. The minimum absolute atomic E-state index is 0.0437. The molecule has 0 fully saturated rings. The summed E-state index contributed by atoms with van der Waals surface area (Å²) in [6, 6.07) is 3.18. The van der Waals surface area contributed by atoms with Crippen molar-refractivity contribution in [3.8, 4) is 0 Å². The first-order chi connectivity index (χ1) is 8.38. The van der Waals surface area contributed by atoms with Gasteiger partial charge in [0.2, 0.25) is 10.0 Å². The van der Waals surface area contributed by atoms with Crippen LogP contribution in [0.2, 0.25) is 0 Å². The fraction of sp³-hybridized carbons (Fsp3) is 0.400. The minimum Gasteiger partial charge on any atom is -0.398 e. The third-order valence-electron chi connectivity index (χ3n) is 2.05. The van der Waals surface area contributed by atoms with E-state index < -0.39 is 10.0 Å². The van der Waals surface area contributed by atoms with Crippen molar-refractivity contribution in [3.05, 3.63) is 21.1 Å². The van der Waals surface area contributed by atoms with Crippen molar-refractivity contribution in [3.63, 3.8) is 0 Å². The van der Waals surface area contributed by atoms with Crippen LogP contribution in [0.5, 0.6) is 0 Å². The van der Waals surface area contributed by atoms with Crippen LogP contribution in [0.25, 0.3) is 0 Å². The van der Waals surface area contributed by atoms with E-state index in [2.05, 4.69) is 36.6 Å². The van der Waals surface area contributed by atoms with Crippen molar-refractivity contribution >= 4 is 47.6 Å². The van der Waals surface area contributed by atoms with Crippen LogP contribution in [0.3, 0.4) is 0 Å². The highest BCUT2D eigenvalue weighted by molar-refractivity contribution is 9.11. The Morgan fingerprint density at radius 2 is 2.06 bits per heavy atom. The molecule has 0 amide bonds. The van der Waals surface area contributed by atoms with Gasteiger partial charge in [0, 0.05) is 22.1 Å². The summed E-state index contributed by atoms with van der Waals surface area (Å²) in [6.07, 6.45) is 0. The van der Waals surface area contributed by atoms with Crippen LogP contribution in [0, 0.1) is 0 Å². The van der Waals surface area contributed by atoms with Gasteiger partial charge in [-0.2, -0.15) is 0 Å². The maximum Gasteiger partial charge on any atom is 0.243 e. The van der Waals surface area contributed by atoms with Gasteiger partial charge >= 0.3 is 0 Å². The third-order valence-corrected chi connectivity index (χ3v) is 4.97. The van der Waals surface area contributed by atoms with Crippen molar-refractivity contribution in [2.75, 3.05) is 25.5 Å². The highest BCUT2D eigenvalue weighted by Gasteiger charge is 2.21. The Morgan fingerprint density at radius 3 is 2.61 bits per heavy atom. The van der Waals surface area contributed by atoms with Crippen molar-refractivity contribution in [1.82, 2.24) is 4.72 Å². The number of ether oxygens (including phenoxy) is 1. The summed E-state index contributed by atoms with van der Waals surface area (Å²) in [7, 11) is -3.64. The SMILES string of the molecule is CCOCCNS(=O)(=O)c1c(N)cc(Br)cc1Br. The normalized spacial score (nSPS) is 11.7. The lowest BCUT2D eigenvalue weighted by molar-refractivity contribution is 0.153. The van der Waals surface area contributed by atoms with E-state index in [1.165, 1.54) is 0 Å². The van der Waals surface area contributed by atoms with Gasteiger partial charge in [-0.1, -0.05) is 15.9 Å². The second-order valence-electron chi connectivity index (χ2n) is 3.40. The second kappa shape index (κ2) is 6.85. The Labute approximate surface area is 123 Å². The van der Waals surface area contributed by atoms with Gasteiger partial charge in [-0.05, 0) is 35.0 Å². The number of halogens is 2. The zero-order valence-corrected chi connectivity index (χ0v) is 13.7. The fourth-order valence-corrected chi connectivity index (χ4v) is 4.41. The smallest absolute Gasteiger partial charge is 0.243 e. The number of hydrogen-bond donors (Lipinski definition) is 2. The van der Waals surface area contributed by atoms with Crippen LogP contribution in [-0.4, -0.2) is 28.2 Å². The molecule has 0 aliphatic heterocycles. The van der Waals surface area contributed by atoms with E-state index in [-0.39, 0.29) is 17.1 Å². The lowest BCUT2D eigenvalue weighted by Gasteiger charge is -2.11. The molecule has 0 saturated heterocycles. The van der Waals surface area contributed by atoms with Crippen molar-refractivity contribution < 1.29 is 13.2 Å². The summed E-state index contributed by atoms with van der Waals surface area (Å²) in [5.74, 6) is 0. The lowest BCUT2D eigenvalue weighted by atomic mass is 10.3. The molecule has 3 N–H and O–H groups in total. The Kier molecular flexibility index (Phi) is 6.06. The van der Waals surface area contributed by atoms with Crippen molar-refractivity contribution in [2.45, 2.75) is 11.8 Å². The summed E-state index contributed by atoms with van der Waals surface area (Å²) in [6.45, 7) is 2.92. The first-order valence-corrected chi connectivity index (χ1v) is 8.27. The first kappa shape index (κ1) is 15.9. The Morgan fingerprint density at radius 1 is 1.39 bits per heavy atom. The molecule has 1 aromatic carbocycles. The van der Waals surface area contributed by atoms with E-state index >= 15 is 0 Å². The van der Waals surface area contributed by atoms with Gasteiger partial charge in [0.25, 0.3) is 0 Å². The van der Waals surface area contributed by atoms with E-state index in [1.807, 2.05) is 6.92 Å². The van der Waals surface area contributed by atoms with Crippen LogP contribution < -0.4 is 10.5 Å². The van der Waals surface area contributed by atoms with E-state index in [0.717, 1.165) is 0 Å². The molecule has 0 aliphatic rings. The predicted octanol–water partition coefficient (Wildman–Crippen LogP) is 2.11. The molecule has 8 heteroatoms. The molecule has 1 aromatic rings. The molecule has 0 aliphatic carbocycles. The van der Waals surface area contributed by atoms with Gasteiger partial charge in [0.1, 0.15) is 4.90 Å². The monoisotopic (exact) mass is 400 g/mol. The Balaban J connectivity index is 2.92. The maximum absolute atomic E-state index is 12.1. The third kappa shape index (κ3) is 4.20. The summed E-state index contributed by atoms with van der Waals surface area (Å²) >= 11 is 6.44. The van der Waals surface area contributed by atoms with E-state index in [1.54, 1.807) is 12.1 Å². The number of nitrogens with one attached hydrogen (secondary N) is 1. The Hall–Kier alpha value is -0.150. The molecule has 0 unspecified atom stereocenters. The molecule has 5 nitrogen and oxygen atoms in total. The topological polar surface area (TPSA) is 81.4 Å². The van der Waals surface area contributed by atoms with Crippen molar-refractivity contribution in [2.24, 2.45) is 0 Å². The zero-order valence-electron chi connectivity index (χ0n) is 9.74. The molecule has 0 aromatic heterocycles. The lowest BCUT2D eigenvalue weighted by Crippen LogP contribution is -2.28. The van der Waals surface area contributed by atoms with Gasteiger partial charge in [-0.15, -0.1) is 0 Å². The summed E-state index contributed by atoms with van der Waals surface area (Å²) in [5.41, 5.74) is 5.91. The van der Waals surface area contributed by atoms with Gasteiger partial charge in [0.05, 0.1) is 12.3 Å². The number of anilines is 1. The van der Waals surface area contributed by atoms with Crippen LogP contribution in [0.15, 0.2) is 26.0 Å². The van der Waals surface area contributed by atoms with Gasteiger partial charge < -0.3 is 10.5 Å². The number of sulfonamides is 1. The van der Waals surface area contributed by atoms with Gasteiger partial charge in [-0.3, -0.25) is 0 Å². The number of rotatable bonds is 6. The molecular weight excluding hydrogens is 388 g/mol. The molecule has 102 valence electrons. The van der Waals surface area contributed by atoms with Gasteiger partial charge in [0.15, 0.2) is 0 Å². The molecular formula is C10H14Br2N2O3S. The standard InChI is InChI=1S/C10H14Br2N2O3S/c1-2-17-4-3-14-18(15,16)10-8(12)5-7(11)6-9(10)13/h5-6,14H,2-4,13H2,1H3. The predicted molar refractivity (Wildman–Crippen MR) is 77.9 cm³/mol. The molecule has 0 bridgehead atoms. The molecule has 18 heavy (non-hydrogen) atoms. The van der Waals surface area contributed by atoms with Crippen LogP contribution in [0.1, 0.15) is 6.92 Å². The van der Waals surface area contributed by atoms with Crippen LogP contribution in [0.4, 0.5) is 5.69 Å². The number of benzene rings is 1. The molecule has 0 heterocycles. The second-order valence-corrected chi connectivity index (χ2v) is 6.87. The van der Waals surface area contributed by atoms with Crippen LogP contribution in [-0.2, 0) is 14.8 Å². The van der Waals surface area contributed by atoms with Crippen LogP contribution >= 0.6 is 31.9 Å². The molecule has 0 spiro atoms. The number of hydrogen-bond acceptors (Lipinski definition) is 4. The number of nitrogen functional groups attached to an aromatic ring is 1. The number of nitrogens with two attached hydrogens (primary N) is 1. The maximum atomic E-state index is 12.1. The summed E-state index contributed by atoms with van der Waals surface area (Å²) in [5, 5.41) is 0. The molecule has 0 atom stereocenters. The Bertz CT molecular complexity index is 497. The van der Waals surface area contributed by atoms with E-state index in [4.69, 9.17) is 10.5 Å². The van der Waals surface area contributed by atoms with Gasteiger partial charge in [-0.25, -0.2) is 13.1 Å². The molecule has 0 saturated carbocycles. The average Bonchev–Trinajstić information content (AvgIpc) is 2.22. The summed E-state index contributed by atoms with van der Waals surface area (Å²) < 4.78 is 32.7. The molecule has 1 rings (SSSR count). The fourth-order valence-electron chi connectivity index (χ4n) is 1.33. The van der Waals surface area contributed by atoms with E-state index in [0.29, 0.717) is 22.2 Å². The zero-order chi connectivity index (χ0) is 13.8. The summed E-state index contributed by atoms with van der Waals surface area (Å²) in [4.78, 5) is 0.0437. The largest absolute Gasteiger partial charge is 0.398 e. The van der Waals surface area contributed by atoms with E-state index in [9.17, 15) is 8.42 Å².